The van der Waals surface area contributed by atoms with Crippen LogP contribution in [0.1, 0.15) is 6.42 Å². The summed E-state index contributed by atoms with van der Waals surface area (Å²) in [5.74, 6) is -1.22. The van der Waals surface area contributed by atoms with Gasteiger partial charge in [0.05, 0.1) is 0 Å². The SMILES string of the molecule is CN(c1ccccc1)[C@H]1C[C@@H](C(=O)O)NC1=O.Cl. The summed E-state index contributed by atoms with van der Waals surface area (Å²) in [6.45, 7) is 0. The van der Waals surface area contributed by atoms with Gasteiger partial charge in [0.15, 0.2) is 0 Å². The Morgan fingerprint density at radius 1 is 1.39 bits per heavy atom. The van der Waals surface area contributed by atoms with Crippen molar-refractivity contribution in [2.45, 2.75) is 18.5 Å². The van der Waals surface area contributed by atoms with Crippen molar-refractivity contribution in [2.24, 2.45) is 0 Å². The smallest absolute Gasteiger partial charge is 0.326 e. The first-order valence-corrected chi connectivity index (χ1v) is 5.40. The van der Waals surface area contributed by atoms with E-state index in [9.17, 15) is 9.59 Å². The van der Waals surface area contributed by atoms with Crippen LogP contribution in [0.3, 0.4) is 0 Å². The van der Waals surface area contributed by atoms with Crippen LogP contribution in [-0.2, 0) is 9.59 Å². The molecule has 1 aromatic rings. The van der Waals surface area contributed by atoms with Crippen LogP contribution in [0, 0.1) is 0 Å². The van der Waals surface area contributed by atoms with Crippen molar-refractivity contribution in [3.8, 4) is 0 Å². The number of halogens is 1. The van der Waals surface area contributed by atoms with Crippen LogP contribution in [0.5, 0.6) is 0 Å². The van der Waals surface area contributed by atoms with E-state index in [-0.39, 0.29) is 18.3 Å². The molecule has 6 heteroatoms. The first-order chi connectivity index (χ1) is 8.09. The maximum Gasteiger partial charge on any atom is 0.326 e. The number of amides is 1. The first kappa shape index (κ1) is 14.3. The second-order valence-electron chi connectivity index (χ2n) is 4.10. The van der Waals surface area contributed by atoms with Gasteiger partial charge in [-0.05, 0) is 12.1 Å². The molecule has 1 aliphatic rings. The summed E-state index contributed by atoms with van der Waals surface area (Å²) in [5.41, 5.74) is 0.902. The van der Waals surface area contributed by atoms with E-state index >= 15 is 0 Å². The number of likely N-dealkylation sites (N-methyl/N-ethyl adjacent to an activating group) is 1. The number of nitrogens with zero attached hydrogens (tertiary/aromatic N) is 1. The van der Waals surface area contributed by atoms with Crippen molar-refractivity contribution in [2.75, 3.05) is 11.9 Å². The summed E-state index contributed by atoms with van der Waals surface area (Å²) < 4.78 is 0. The molecule has 0 saturated carbocycles. The van der Waals surface area contributed by atoms with E-state index in [0.717, 1.165) is 5.69 Å². The number of hydrogen-bond donors (Lipinski definition) is 2. The van der Waals surface area contributed by atoms with Crippen LogP contribution in [0.4, 0.5) is 5.69 Å². The van der Waals surface area contributed by atoms with Crippen molar-refractivity contribution in [3.05, 3.63) is 30.3 Å². The zero-order valence-corrected chi connectivity index (χ0v) is 10.7. The minimum Gasteiger partial charge on any atom is -0.480 e. The minimum atomic E-state index is -0.984. The third-order valence-electron chi connectivity index (χ3n) is 3.01. The summed E-state index contributed by atoms with van der Waals surface area (Å²) >= 11 is 0. The fourth-order valence-electron chi connectivity index (χ4n) is 2.00. The van der Waals surface area contributed by atoms with Gasteiger partial charge in [-0.15, -0.1) is 12.4 Å². The monoisotopic (exact) mass is 270 g/mol. The fourth-order valence-corrected chi connectivity index (χ4v) is 2.00. The number of anilines is 1. The van der Waals surface area contributed by atoms with Crippen LogP contribution >= 0.6 is 12.4 Å². The minimum absolute atomic E-state index is 0. The van der Waals surface area contributed by atoms with Crippen LogP contribution in [-0.4, -0.2) is 36.1 Å². The molecule has 2 rings (SSSR count). The molecular formula is C12H15ClN2O3. The topological polar surface area (TPSA) is 69.6 Å². The molecule has 1 aromatic carbocycles. The number of carbonyl (C=O) groups excluding carboxylic acids is 1. The molecular weight excluding hydrogens is 256 g/mol. The van der Waals surface area contributed by atoms with Crippen molar-refractivity contribution >= 4 is 30.0 Å². The van der Waals surface area contributed by atoms with E-state index in [1.807, 2.05) is 30.3 Å². The van der Waals surface area contributed by atoms with Gasteiger partial charge in [0.25, 0.3) is 0 Å². The number of benzene rings is 1. The number of hydrogen-bond acceptors (Lipinski definition) is 3. The highest BCUT2D eigenvalue weighted by Gasteiger charge is 2.38. The molecule has 5 nitrogen and oxygen atoms in total. The number of rotatable bonds is 3. The lowest BCUT2D eigenvalue weighted by atomic mass is 10.1. The fraction of sp³-hybridized carbons (Fsp3) is 0.333. The van der Waals surface area contributed by atoms with Crippen molar-refractivity contribution in [3.63, 3.8) is 0 Å². The summed E-state index contributed by atoms with van der Waals surface area (Å²) in [6.07, 6.45) is 0.291. The van der Waals surface area contributed by atoms with Crippen molar-refractivity contribution < 1.29 is 14.7 Å². The maximum atomic E-state index is 11.7. The van der Waals surface area contributed by atoms with Crippen LogP contribution in [0.2, 0.25) is 0 Å². The Kier molecular flexibility index (Phi) is 4.55. The third kappa shape index (κ3) is 2.73. The molecule has 1 saturated heterocycles. The molecule has 1 aliphatic heterocycles. The maximum absolute atomic E-state index is 11.7. The third-order valence-corrected chi connectivity index (χ3v) is 3.01. The normalized spacial score (nSPS) is 21.9. The molecule has 0 bridgehead atoms. The van der Waals surface area contributed by atoms with Gasteiger partial charge in [-0.25, -0.2) is 4.79 Å². The highest BCUT2D eigenvalue weighted by Crippen LogP contribution is 2.20. The van der Waals surface area contributed by atoms with Gasteiger partial charge in [0, 0.05) is 19.2 Å². The summed E-state index contributed by atoms with van der Waals surface area (Å²) in [5, 5.41) is 11.3. The van der Waals surface area contributed by atoms with Crippen molar-refractivity contribution in [1.82, 2.24) is 5.32 Å². The zero-order chi connectivity index (χ0) is 12.4. The van der Waals surface area contributed by atoms with Gasteiger partial charge in [-0.1, -0.05) is 18.2 Å². The largest absolute Gasteiger partial charge is 0.480 e. The molecule has 0 aliphatic carbocycles. The number of nitrogens with one attached hydrogen (secondary N) is 1. The Morgan fingerprint density at radius 3 is 2.50 bits per heavy atom. The average Bonchev–Trinajstić information content (AvgIpc) is 2.72. The molecule has 0 unspecified atom stereocenters. The van der Waals surface area contributed by atoms with Gasteiger partial charge >= 0.3 is 5.97 Å². The van der Waals surface area contributed by atoms with Crippen LogP contribution in [0.25, 0.3) is 0 Å². The quantitative estimate of drug-likeness (QED) is 0.856. The van der Waals surface area contributed by atoms with Crippen molar-refractivity contribution in [1.29, 1.82) is 0 Å². The number of aliphatic carboxylic acids is 1. The Morgan fingerprint density at radius 2 is 2.00 bits per heavy atom. The highest BCUT2D eigenvalue weighted by molar-refractivity contribution is 5.93. The van der Waals surface area contributed by atoms with E-state index in [2.05, 4.69) is 5.32 Å². The highest BCUT2D eigenvalue weighted by atomic mass is 35.5. The van der Waals surface area contributed by atoms with Gasteiger partial charge in [-0.3, -0.25) is 4.79 Å². The molecule has 18 heavy (non-hydrogen) atoms. The molecule has 2 atom stereocenters. The second kappa shape index (κ2) is 5.73. The molecule has 1 amide bonds. The van der Waals surface area contributed by atoms with Crippen LogP contribution in [0.15, 0.2) is 30.3 Å². The number of carbonyl (C=O) groups is 2. The molecule has 1 fully saturated rings. The second-order valence-corrected chi connectivity index (χ2v) is 4.10. The van der Waals surface area contributed by atoms with E-state index in [1.54, 1.807) is 11.9 Å². The molecule has 0 spiro atoms. The summed E-state index contributed by atoms with van der Waals surface area (Å²) in [4.78, 5) is 24.3. The van der Waals surface area contributed by atoms with E-state index in [1.165, 1.54) is 0 Å². The lowest BCUT2D eigenvalue weighted by Crippen LogP contribution is -2.38. The molecule has 1 heterocycles. The standard InChI is InChI=1S/C12H14N2O3.ClH/c1-14(8-5-3-2-4-6-8)10-7-9(12(16)17)13-11(10)15;/h2-6,9-10H,7H2,1H3,(H,13,15)(H,16,17);1H/t9-,10-;/m0./s1. The van der Waals surface area contributed by atoms with E-state index < -0.39 is 18.1 Å². The van der Waals surface area contributed by atoms with Crippen LogP contribution < -0.4 is 10.2 Å². The summed E-state index contributed by atoms with van der Waals surface area (Å²) in [7, 11) is 1.80. The first-order valence-electron chi connectivity index (χ1n) is 5.40. The van der Waals surface area contributed by atoms with E-state index in [4.69, 9.17) is 5.11 Å². The Balaban J connectivity index is 0.00000162. The van der Waals surface area contributed by atoms with Gasteiger partial charge in [0.2, 0.25) is 5.91 Å². The average molecular weight is 271 g/mol. The summed E-state index contributed by atoms with van der Waals surface area (Å²) in [6, 6.07) is 8.24. The van der Waals surface area contributed by atoms with Gasteiger partial charge < -0.3 is 15.3 Å². The molecule has 0 radical (unpaired) electrons. The molecule has 2 N–H and O–H groups in total. The Labute approximate surface area is 111 Å². The molecule has 98 valence electrons. The van der Waals surface area contributed by atoms with E-state index in [0.29, 0.717) is 6.42 Å². The zero-order valence-electron chi connectivity index (χ0n) is 9.87. The predicted octanol–water partition coefficient (Wildman–Crippen LogP) is 0.886. The lowest BCUT2D eigenvalue weighted by Gasteiger charge is -2.24. The Hall–Kier alpha value is -1.75. The van der Waals surface area contributed by atoms with Gasteiger partial charge in [-0.2, -0.15) is 0 Å². The number of carboxylic acids is 1. The lowest BCUT2D eigenvalue weighted by molar-refractivity contribution is -0.140. The number of carboxylic acid groups (broad SMARTS) is 1. The Bertz CT molecular complexity index is 438. The predicted molar refractivity (Wildman–Crippen MR) is 70.1 cm³/mol. The van der Waals surface area contributed by atoms with Gasteiger partial charge in [0.1, 0.15) is 12.1 Å². The number of para-hydroxylation sites is 1. The molecule has 0 aromatic heterocycles.